The summed E-state index contributed by atoms with van der Waals surface area (Å²) in [6.07, 6.45) is 11.8. The second-order valence-electron chi connectivity index (χ2n) is 10.8. The number of nitrogens with one attached hydrogen (secondary N) is 2. The van der Waals surface area contributed by atoms with Crippen LogP contribution >= 0.6 is 12.2 Å². The zero-order valence-electron chi connectivity index (χ0n) is 21.4. The van der Waals surface area contributed by atoms with E-state index in [4.69, 9.17) is 22.2 Å². The Labute approximate surface area is 220 Å². The van der Waals surface area contributed by atoms with Crippen LogP contribution in [0.2, 0.25) is 0 Å². The van der Waals surface area contributed by atoms with E-state index in [1.807, 2.05) is 12.1 Å². The average molecular weight is 511 g/mol. The van der Waals surface area contributed by atoms with E-state index in [0.29, 0.717) is 23.6 Å². The van der Waals surface area contributed by atoms with Gasteiger partial charge in [0.05, 0.1) is 0 Å². The summed E-state index contributed by atoms with van der Waals surface area (Å²) in [4.78, 5) is 14.5. The van der Waals surface area contributed by atoms with Gasteiger partial charge in [-0.2, -0.15) is 9.97 Å². The van der Waals surface area contributed by atoms with Gasteiger partial charge < -0.3 is 20.4 Å². The minimum Gasteiger partial charge on any atom is -0.361 e. The summed E-state index contributed by atoms with van der Waals surface area (Å²) in [5.74, 6) is 2.34. The normalized spacial score (nSPS) is 21.9. The molecule has 3 fully saturated rings. The monoisotopic (exact) mass is 510 g/mol. The molecule has 194 valence electrons. The topological polar surface area (TPSA) is 56.3 Å². The van der Waals surface area contributed by atoms with Crippen LogP contribution in [0.4, 0.5) is 22.0 Å². The van der Waals surface area contributed by atoms with Crippen LogP contribution in [0.5, 0.6) is 0 Å². The third-order valence-corrected chi connectivity index (χ3v) is 8.55. The molecule has 8 heteroatoms. The van der Waals surface area contributed by atoms with Crippen molar-refractivity contribution in [1.29, 1.82) is 0 Å². The van der Waals surface area contributed by atoms with Crippen LogP contribution < -0.4 is 20.4 Å². The Morgan fingerprint density at radius 3 is 2.39 bits per heavy atom. The summed E-state index contributed by atoms with van der Waals surface area (Å²) >= 11 is 5.74. The number of nitrogens with zero attached hydrogens (tertiary/aromatic N) is 4. The Hall–Kier alpha value is -2.48. The number of thiocarbonyl (C=S) groups is 1. The molecule has 36 heavy (non-hydrogen) atoms. The van der Waals surface area contributed by atoms with E-state index >= 15 is 0 Å². The van der Waals surface area contributed by atoms with E-state index in [-0.39, 0.29) is 11.2 Å². The largest absolute Gasteiger partial charge is 0.361 e. The van der Waals surface area contributed by atoms with Crippen LogP contribution in [0.1, 0.15) is 76.7 Å². The number of piperidine rings is 1. The van der Waals surface area contributed by atoms with Gasteiger partial charge in [0.15, 0.2) is 5.11 Å². The molecule has 1 saturated carbocycles. The number of halogens is 1. The Morgan fingerprint density at radius 1 is 0.972 bits per heavy atom. The fourth-order valence-electron chi connectivity index (χ4n) is 6.17. The molecule has 2 saturated heterocycles. The summed E-state index contributed by atoms with van der Waals surface area (Å²) < 4.78 is 13.6. The molecule has 0 radical (unpaired) electrons. The number of hydrogen-bond acceptors (Lipinski definition) is 5. The van der Waals surface area contributed by atoms with Crippen molar-refractivity contribution in [3.05, 3.63) is 41.7 Å². The zero-order valence-corrected chi connectivity index (χ0v) is 22.3. The second kappa shape index (κ2) is 11.3. The highest BCUT2D eigenvalue weighted by Gasteiger charge is 2.34. The molecule has 2 aromatic rings. The van der Waals surface area contributed by atoms with Crippen molar-refractivity contribution >= 4 is 34.9 Å². The van der Waals surface area contributed by atoms with Crippen molar-refractivity contribution in [3.8, 4) is 0 Å². The van der Waals surface area contributed by atoms with E-state index in [0.717, 1.165) is 44.1 Å². The summed E-state index contributed by atoms with van der Waals surface area (Å²) in [6.45, 7) is 6.10. The third kappa shape index (κ3) is 5.74. The second-order valence-corrected chi connectivity index (χ2v) is 11.2. The number of benzene rings is 1. The van der Waals surface area contributed by atoms with Crippen molar-refractivity contribution < 1.29 is 4.39 Å². The standard InChI is InChI=1S/C28H39FN6S/c1-21-9-3-6-18-35(21)25-19-24(34-16-7-8-17-34)31-26(32-25)33-27(36)30-20-28(14-4-2-5-15-28)22-10-12-23(29)13-11-22/h10-13,19,21H,2-9,14-18,20H2,1H3,(H2,30,31,32,33,36)/t21-/m1/s1. The van der Waals surface area contributed by atoms with Crippen LogP contribution in [-0.2, 0) is 5.41 Å². The fraction of sp³-hybridized carbons (Fsp3) is 0.607. The van der Waals surface area contributed by atoms with Gasteiger partial charge >= 0.3 is 0 Å². The lowest BCUT2D eigenvalue weighted by atomic mass is 9.69. The Bertz CT molecular complexity index is 1030. The van der Waals surface area contributed by atoms with Crippen LogP contribution in [-0.4, -0.2) is 47.3 Å². The highest BCUT2D eigenvalue weighted by molar-refractivity contribution is 7.80. The SMILES string of the molecule is C[C@@H]1CCCCN1c1cc(N2CCCC2)nc(NC(=S)NCC2(c3ccc(F)cc3)CCCCC2)n1. The summed E-state index contributed by atoms with van der Waals surface area (Å²) in [5.41, 5.74) is 1.15. The van der Waals surface area contributed by atoms with Gasteiger partial charge in [0, 0.05) is 43.7 Å². The molecule has 2 N–H and O–H groups in total. The average Bonchev–Trinajstić information content (AvgIpc) is 3.44. The van der Waals surface area contributed by atoms with Crippen LogP contribution in [0.25, 0.3) is 0 Å². The quantitative estimate of drug-likeness (QED) is 0.478. The van der Waals surface area contributed by atoms with Crippen LogP contribution in [0, 0.1) is 5.82 Å². The number of hydrogen-bond donors (Lipinski definition) is 2. The van der Waals surface area contributed by atoms with Gasteiger partial charge in [-0.15, -0.1) is 0 Å². The summed E-state index contributed by atoms with van der Waals surface area (Å²) in [5, 5.41) is 7.31. The molecule has 5 rings (SSSR count). The maximum Gasteiger partial charge on any atom is 0.232 e. The molecule has 3 heterocycles. The molecule has 0 spiro atoms. The van der Waals surface area contributed by atoms with Gasteiger partial charge in [-0.05, 0) is 81.8 Å². The minimum absolute atomic E-state index is 0.0374. The molecule has 0 amide bonds. The third-order valence-electron chi connectivity index (χ3n) is 8.31. The first-order chi connectivity index (χ1) is 17.5. The molecule has 1 atom stereocenters. The van der Waals surface area contributed by atoms with E-state index < -0.39 is 0 Å². The fourth-order valence-corrected chi connectivity index (χ4v) is 6.33. The molecule has 0 bridgehead atoms. The van der Waals surface area contributed by atoms with Crippen molar-refractivity contribution in [3.63, 3.8) is 0 Å². The predicted octanol–water partition coefficient (Wildman–Crippen LogP) is 5.78. The molecule has 1 aromatic heterocycles. The predicted molar refractivity (Wildman–Crippen MR) is 150 cm³/mol. The smallest absolute Gasteiger partial charge is 0.232 e. The van der Waals surface area contributed by atoms with Crippen molar-refractivity contribution in [2.24, 2.45) is 0 Å². The van der Waals surface area contributed by atoms with Crippen molar-refractivity contribution in [1.82, 2.24) is 15.3 Å². The van der Waals surface area contributed by atoms with E-state index in [1.165, 1.54) is 56.9 Å². The highest BCUT2D eigenvalue weighted by atomic mass is 32.1. The van der Waals surface area contributed by atoms with Gasteiger partial charge in [0.1, 0.15) is 17.5 Å². The number of rotatable bonds is 6. The van der Waals surface area contributed by atoms with E-state index in [2.05, 4.69) is 33.4 Å². The molecule has 6 nitrogen and oxygen atoms in total. The minimum atomic E-state index is -0.191. The van der Waals surface area contributed by atoms with Gasteiger partial charge in [0.25, 0.3) is 0 Å². The maximum atomic E-state index is 13.6. The first kappa shape index (κ1) is 25.2. The molecule has 1 aromatic carbocycles. The van der Waals surface area contributed by atoms with E-state index in [1.54, 1.807) is 12.1 Å². The number of anilines is 3. The molecular formula is C28H39FN6S. The van der Waals surface area contributed by atoms with Crippen molar-refractivity contribution in [2.75, 3.05) is 41.3 Å². The Balaban J connectivity index is 1.32. The van der Waals surface area contributed by atoms with Gasteiger partial charge in [0.2, 0.25) is 5.95 Å². The first-order valence-corrected chi connectivity index (χ1v) is 14.1. The maximum absolute atomic E-state index is 13.6. The summed E-state index contributed by atoms with van der Waals surface area (Å²) in [6, 6.07) is 9.65. The van der Waals surface area contributed by atoms with Gasteiger partial charge in [-0.1, -0.05) is 31.4 Å². The molecule has 0 unspecified atom stereocenters. The highest BCUT2D eigenvalue weighted by Crippen LogP contribution is 2.39. The summed E-state index contributed by atoms with van der Waals surface area (Å²) in [7, 11) is 0. The lowest BCUT2D eigenvalue weighted by Crippen LogP contribution is -2.43. The molecule has 2 aliphatic heterocycles. The van der Waals surface area contributed by atoms with Gasteiger partial charge in [-0.25, -0.2) is 4.39 Å². The lowest BCUT2D eigenvalue weighted by Gasteiger charge is -2.38. The Kier molecular flexibility index (Phi) is 7.89. The first-order valence-electron chi connectivity index (χ1n) is 13.7. The van der Waals surface area contributed by atoms with Crippen molar-refractivity contribution in [2.45, 2.75) is 82.6 Å². The lowest BCUT2D eigenvalue weighted by molar-refractivity contribution is 0.292. The van der Waals surface area contributed by atoms with Gasteiger partial charge in [-0.3, -0.25) is 0 Å². The van der Waals surface area contributed by atoms with Crippen LogP contribution in [0.15, 0.2) is 30.3 Å². The van der Waals surface area contributed by atoms with Crippen LogP contribution in [0.3, 0.4) is 0 Å². The molecule has 1 aliphatic carbocycles. The Morgan fingerprint density at radius 2 is 1.67 bits per heavy atom. The van der Waals surface area contributed by atoms with E-state index in [9.17, 15) is 4.39 Å². The zero-order chi connectivity index (χ0) is 25.0. The molecular weight excluding hydrogens is 471 g/mol. The molecule has 3 aliphatic rings. The number of aromatic nitrogens is 2.